The van der Waals surface area contributed by atoms with Crippen molar-refractivity contribution in [1.29, 1.82) is 0 Å². The molecule has 1 heterocycles. The maximum absolute atomic E-state index is 12.5. The average molecular weight is 346 g/mol. The van der Waals surface area contributed by atoms with Gasteiger partial charge in [-0.15, -0.1) is 11.8 Å². The van der Waals surface area contributed by atoms with Gasteiger partial charge in [0.1, 0.15) is 6.04 Å². The zero-order valence-electron chi connectivity index (χ0n) is 14.5. The van der Waals surface area contributed by atoms with Gasteiger partial charge in [0.2, 0.25) is 11.8 Å². The molecule has 6 nitrogen and oxygen atoms in total. The average Bonchev–Trinajstić information content (AvgIpc) is 2.92. The van der Waals surface area contributed by atoms with E-state index < -0.39 is 18.2 Å². The zero-order chi connectivity index (χ0) is 17.6. The number of nitrogens with zero attached hydrogens (tertiary/aromatic N) is 1. The van der Waals surface area contributed by atoms with Crippen molar-refractivity contribution in [3.63, 3.8) is 0 Å². The highest BCUT2D eigenvalue weighted by molar-refractivity contribution is 7.99. The Hall–Kier alpha value is -0.790. The molecule has 0 saturated carbocycles. The maximum atomic E-state index is 12.5. The summed E-state index contributed by atoms with van der Waals surface area (Å²) in [5, 5.41) is 22.0. The SMILES string of the molecule is CCCC(O)C(CO)NC(=O)C1CSCN1C(=O)CC(C)(C)C. The molecule has 0 aromatic carbocycles. The number of hydrogen-bond acceptors (Lipinski definition) is 5. The lowest BCUT2D eigenvalue weighted by Crippen LogP contribution is -2.54. The number of rotatable bonds is 7. The van der Waals surface area contributed by atoms with Crippen LogP contribution in [-0.2, 0) is 9.59 Å². The Kier molecular flexibility index (Phi) is 7.83. The van der Waals surface area contributed by atoms with Crippen LogP contribution in [0.2, 0.25) is 0 Å². The Bertz CT molecular complexity index is 411. The predicted octanol–water partition coefficient (Wildman–Crippen LogP) is 0.962. The van der Waals surface area contributed by atoms with E-state index in [1.807, 2.05) is 27.7 Å². The molecule has 0 aromatic rings. The van der Waals surface area contributed by atoms with E-state index in [-0.39, 0.29) is 23.8 Å². The number of carbonyl (C=O) groups is 2. The van der Waals surface area contributed by atoms with E-state index in [0.717, 1.165) is 6.42 Å². The first-order chi connectivity index (χ1) is 10.7. The molecule has 0 spiro atoms. The third kappa shape index (κ3) is 6.31. The van der Waals surface area contributed by atoms with E-state index in [1.54, 1.807) is 16.7 Å². The number of hydrogen-bond donors (Lipinski definition) is 3. The number of aliphatic hydroxyl groups is 2. The van der Waals surface area contributed by atoms with Gasteiger partial charge in [0, 0.05) is 12.2 Å². The summed E-state index contributed by atoms with van der Waals surface area (Å²) < 4.78 is 0. The third-order valence-electron chi connectivity index (χ3n) is 3.76. The highest BCUT2D eigenvalue weighted by Crippen LogP contribution is 2.26. The van der Waals surface area contributed by atoms with Crippen molar-refractivity contribution in [2.24, 2.45) is 5.41 Å². The first-order valence-corrected chi connectivity index (χ1v) is 9.31. The number of amides is 2. The fourth-order valence-electron chi connectivity index (χ4n) is 2.50. The Labute approximate surface area is 143 Å². The molecule has 0 aliphatic carbocycles. The van der Waals surface area contributed by atoms with Crippen LogP contribution in [0, 0.1) is 5.41 Å². The molecule has 1 aliphatic heterocycles. The molecule has 1 fully saturated rings. The molecule has 0 radical (unpaired) electrons. The molecular formula is C16H30N2O4S. The largest absolute Gasteiger partial charge is 0.394 e. The van der Waals surface area contributed by atoms with Crippen LogP contribution in [0.3, 0.4) is 0 Å². The van der Waals surface area contributed by atoms with E-state index >= 15 is 0 Å². The van der Waals surface area contributed by atoms with Crippen LogP contribution in [-0.4, -0.2) is 63.4 Å². The summed E-state index contributed by atoms with van der Waals surface area (Å²) in [4.78, 5) is 26.5. The molecule has 7 heteroatoms. The fraction of sp³-hybridized carbons (Fsp3) is 0.875. The summed E-state index contributed by atoms with van der Waals surface area (Å²) in [6.45, 7) is 7.59. The van der Waals surface area contributed by atoms with E-state index in [2.05, 4.69) is 5.32 Å². The molecule has 2 amide bonds. The van der Waals surface area contributed by atoms with Crippen LogP contribution in [0.1, 0.15) is 47.0 Å². The second-order valence-electron chi connectivity index (χ2n) is 7.27. The van der Waals surface area contributed by atoms with E-state index in [4.69, 9.17) is 0 Å². The van der Waals surface area contributed by atoms with Crippen LogP contribution in [0.25, 0.3) is 0 Å². The fourth-order valence-corrected chi connectivity index (χ4v) is 3.68. The van der Waals surface area contributed by atoms with Crippen molar-refractivity contribution in [3.05, 3.63) is 0 Å². The molecule has 3 unspecified atom stereocenters. The van der Waals surface area contributed by atoms with Gasteiger partial charge < -0.3 is 20.4 Å². The molecule has 23 heavy (non-hydrogen) atoms. The van der Waals surface area contributed by atoms with Crippen molar-refractivity contribution >= 4 is 23.6 Å². The summed E-state index contributed by atoms with van der Waals surface area (Å²) in [5.74, 6) is 0.724. The molecule has 134 valence electrons. The van der Waals surface area contributed by atoms with E-state index in [9.17, 15) is 19.8 Å². The van der Waals surface area contributed by atoms with Crippen molar-refractivity contribution < 1.29 is 19.8 Å². The highest BCUT2D eigenvalue weighted by atomic mass is 32.2. The summed E-state index contributed by atoms with van der Waals surface area (Å²) in [6, 6.07) is -1.22. The Morgan fingerprint density at radius 1 is 1.39 bits per heavy atom. The molecule has 1 aliphatic rings. The number of aliphatic hydroxyl groups excluding tert-OH is 2. The Morgan fingerprint density at radius 2 is 2.04 bits per heavy atom. The smallest absolute Gasteiger partial charge is 0.244 e. The lowest BCUT2D eigenvalue weighted by Gasteiger charge is -2.29. The van der Waals surface area contributed by atoms with Crippen molar-refractivity contribution in [2.75, 3.05) is 18.2 Å². The molecule has 3 atom stereocenters. The number of carbonyl (C=O) groups excluding carboxylic acids is 2. The summed E-state index contributed by atoms with van der Waals surface area (Å²) in [7, 11) is 0. The van der Waals surface area contributed by atoms with Crippen LogP contribution < -0.4 is 5.32 Å². The van der Waals surface area contributed by atoms with Crippen LogP contribution in [0.5, 0.6) is 0 Å². The first kappa shape index (κ1) is 20.3. The minimum Gasteiger partial charge on any atom is -0.394 e. The molecule has 1 saturated heterocycles. The Morgan fingerprint density at radius 3 is 2.57 bits per heavy atom. The summed E-state index contributed by atoms with van der Waals surface area (Å²) >= 11 is 1.55. The lowest BCUT2D eigenvalue weighted by atomic mass is 9.91. The van der Waals surface area contributed by atoms with Gasteiger partial charge in [0.15, 0.2) is 0 Å². The molecule has 3 N–H and O–H groups in total. The quantitative estimate of drug-likeness (QED) is 0.639. The van der Waals surface area contributed by atoms with Crippen LogP contribution in [0.15, 0.2) is 0 Å². The maximum Gasteiger partial charge on any atom is 0.244 e. The summed E-state index contributed by atoms with van der Waals surface area (Å²) in [6.07, 6.45) is 0.890. The van der Waals surface area contributed by atoms with Gasteiger partial charge in [0.25, 0.3) is 0 Å². The van der Waals surface area contributed by atoms with Gasteiger partial charge in [-0.25, -0.2) is 0 Å². The Balaban J connectivity index is 2.68. The third-order valence-corrected chi connectivity index (χ3v) is 4.77. The van der Waals surface area contributed by atoms with Crippen molar-refractivity contribution in [3.8, 4) is 0 Å². The van der Waals surface area contributed by atoms with Crippen LogP contribution in [0.4, 0.5) is 0 Å². The highest BCUT2D eigenvalue weighted by Gasteiger charge is 2.37. The normalized spacial score (nSPS) is 21.1. The lowest BCUT2D eigenvalue weighted by molar-refractivity contribution is -0.140. The molecular weight excluding hydrogens is 316 g/mol. The summed E-state index contributed by atoms with van der Waals surface area (Å²) in [5.41, 5.74) is -0.129. The van der Waals surface area contributed by atoms with Gasteiger partial charge in [-0.1, -0.05) is 34.1 Å². The van der Waals surface area contributed by atoms with Crippen LogP contribution >= 0.6 is 11.8 Å². The topological polar surface area (TPSA) is 89.9 Å². The van der Waals surface area contributed by atoms with Crippen molar-refractivity contribution in [2.45, 2.75) is 65.1 Å². The first-order valence-electron chi connectivity index (χ1n) is 8.16. The zero-order valence-corrected chi connectivity index (χ0v) is 15.4. The minimum atomic E-state index is -0.776. The monoisotopic (exact) mass is 346 g/mol. The second-order valence-corrected chi connectivity index (χ2v) is 8.27. The van der Waals surface area contributed by atoms with Gasteiger partial charge in [0.05, 0.1) is 24.6 Å². The van der Waals surface area contributed by atoms with Gasteiger partial charge >= 0.3 is 0 Å². The molecule has 0 bridgehead atoms. The predicted molar refractivity (Wildman–Crippen MR) is 92.0 cm³/mol. The second kappa shape index (κ2) is 8.89. The van der Waals surface area contributed by atoms with E-state index in [1.165, 1.54) is 0 Å². The number of thioether (sulfide) groups is 1. The van der Waals surface area contributed by atoms with E-state index in [0.29, 0.717) is 24.5 Å². The van der Waals surface area contributed by atoms with Gasteiger partial charge in [-0.2, -0.15) is 0 Å². The standard InChI is InChI=1S/C16H30N2O4S/c1-5-6-13(20)11(8-19)17-15(22)12-9-23-10-18(12)14(21)7-16(2,3)4/h11-13,19-20H,5-10H2,1-4H3,(H,17,22). The molecule has 0 aromatic heterocycles. The minimum absolute atomic E-state index is 0.0303. The van der Waals surface area contributed by atoms with Gasteiger partial charge in [-0.05, 0) is 11.8 Å². The van der Waals surface area contributed by atoms with Gasteiger partial charge in [-0.3, -0.25) is 9.59 Å². The van der Waals surface area contributed by atoms with Crippen molar-refractivity contribution in [1.82, 2.24) is 10.2 Å². The molecule has 1 rings (SSSR count). The number of nitrogens with one attached hydrogen (secondary N) is 1.